The Bertz CT molecular complexity index is 276. The van der Waals surface area contributed by atoms with Gasteiger partial charge in [-0.2, -0.15) is 5.26 Å². The van der Waals surface area contributed by atoms with Gasteiger partial charge in [0.25, 0.3) is 0 Å². The number of nitrogens with zero attached hydrogens (tertiary/aromatic N) is 1. The van der Waals surface area contributed by atoms with Gasteiger partial charge in [0.2, 0.25) is 0 Å². The molecule has 0 aliphatic rings. The molecule has 58 valence electrons. The Balaban J connectivity index is 2.70. The third-order valence-corrected chi connectivity index (χ3v) is 1.70. The Kier molecular flexibility index (Phi) is 2.69. The summed E-state index contributed by atoms with van der Waals surface area (Å²) in [5.41, 5.74) is 5.58. The first kappa shape index (κ1) is 8.31. The van der Waals surface area contributed by atoms with Crippen LogP contribution in [-0.2, 0) is 0 Å². The molecule has 1 aromatic rings. The monoisotopic (exact) mass is 214 g/mol. The van der Waals surface area contributed by atoms with Crippen molar-refractivity contribution >= 4 is 15.9 Å². The molecule has 0 radical (unpaired) electrons. The summed E-state index contributed by atoms with van der Waals surface area (Å²) in [6.45, 7) is 0. The summed E-state index contributed by atoms with van der Waals surface area (Å²) in [7, 11) is 0. The van der Waals surface area contributed by atoms with Gasteiger partial charge in [-0.05, 0) is 28.1 Å². The maximum absolute atomic E-state index is 8.32. The standard InChI is InChI=1S/C7H7BrN2O/c8-7-2-1-6(11-7)5(10)3-4-9/h1-2,5H,3,10H2/t5-/m0/s1. The predicted octanol–water partition coefficient (Wildman–Crippen LogP) is 1.96. The normalized spacial score (nSPS) is 12.5. The second kappa shape index (κ2) is 3.56. The molecular formula is C7H7BrN2O. The summed E-state index contributed by atoms with van der Waals surface area (Å²) >= 11 is 3.15. The Morgan fingerprint density at radius 3 is 2.91 bits per heavy atom. The van der Waals surface area contributed by atoms with Crippen LogP contribution < -0.4 is 5.73 Å². The summed E-state index contributed by atoms with van der Waals surface area (Å²) in [4.78, 5) is 0. The molecule has 1 rings (SSSR count). The van der Waals surface area contributed by atoms with Crippen LogP contribution in [0.25, 0.3) is 0 Å². The smallest absolute Gasteiger partial charge is 0.169 e. The molecule has 0 spiro atoms. The third kappa shape index (κ3) is 2.07. The molecule has 11 heavy (non-hydrogen) atoms. The first-order valence-electron chi connectivity index (χ1n) is 3.12. The van der Waals surface area contributed by atoms with E-state index in [1.54, 1.807) is 12.1 Å². The minimum Gasteiger partial charge on any atom is -0.453 e. The maximum Gasteiger partial charge on any atom is 0.169 e. The molecule has 0 unspecified atom stereocenters. The van der Waals surface area contributed by atoms with E-state index in [4.69, 9.17) is 15.4 Å². The van der Waals surface area contributed by atoms with Crippen molar-refractivity contribution in [2.24, 2.45) is 5.73 Å². The lowest BCUT2D eigenvalue weighted by atomic mass is 10.2. The number of nitrogens with two attached hydrogens (primary N) is 1. The number of rotatable bonds is 2. The van der Waals surface area contributed by atoms with Crippen LogP contribution >= 0.6 is 15.9 Å². The summed E-state index contributed by atoms with van der Waals surface area (Å²) in [5.74, 6) is 0.637. The van der Waals surface area contributed by atoms with E-state index in [9.17, 15) is 0 Å². The van der Waals surface area contributed by atoms with Gasteiger partial charge in [0.1, 0.15) is 5.76 Å². The number of furan rings is 1. The molecule has 3 nitrogen and oxygen atoms in total. The number of hydrogen-bond acceptors (Lipinski definition) is 3. The minimum atomic E-state index is -0.314. The molecule has 1 atom stereocenters. The van der Waals surface area contributed by atoms with Gasteiger partial charge in [0, 0.05) is 0 Å². The van der Waals surface area contributed by atoms with Gasteiger partial charge < -0.3 is 10.2 Å². The molecule has 0 amide bonds. The van der Waals surface area contributed by atoms with Crippen LogP contribution in [0.3, 0.4) is 0 Å². The first-order valence-corrected chi connectivity index (χ1v) is 3.91. The lowest BCUT2D eigenvalue weighted by molar-refractivity contribution is 0.452. The van der Waals surface area contributed by atoms with Gasteiger partial charge in [0.15, 0.2) is 4.67 Å². The molecule has 0 aliphatic heterocycles. The van der Waals surface area contributed by atoms with E-state index in [0.717, 1.165) is 0 Å². The van der Waals surface area contributed by atoms with Crippen molar-refractivity contribution in [3.8, 4) is 6.07 Å². The number of nitriles is 1. The van der Waals surface area contributed by atoms with Crippen LogP contribution in [0.2, 0.25) is 0 Å². The van der Waals surface area contributed by atoms with Crippen LogP contribution in [0.1, 0.15) is 18.2 Å². The van der Waals surface area contributed by atoms with Crippen molar-refractivity contribution in [1.29, 1.82) is 5.26 Å². The molecule has 0 aliphatic carbocycles. The first-order chi connectivity index (χ1) is 5.24. The van der Waals surface area contributed by atoms with Crippen LogP contribution in [0.5, 0.6) is 0 Å². The molecule has 2 N–H and O–H groups in total. The van der Waals surface area contributed by atoms with Crippen LogP contribution in [-0.4, -0.2) is 0 Å². The van der Waals surface area contributed by atoms with Crippen LogP contribution in [0.15, 0.2) is 21.2 Å². The van der Waals surface area contributed by atoms with Gasteiger partial charge in [-0.3, -0.25) is 0 Å². The van der Waals surface area contributed by atoms with Crippen molar-refractivity contribution in [1.82, 2.24) is 0 Å². The van der Waals surface area contributed by atoms with E-state index in [-0.39, 0.29) is 12.5 Å². The summed E-state index contributed by atoms with van der Waals surface area (Å²) in [5, 5.41) is 8.32. The van der Waals surface area contributed by atoms with Crippen molar-refractivity contribution in [3.05, 3.63) is 22.6 Å². The Hall–Kier alpha value is -0.790. The Morgan fingerprint density at radius 1 is 1.73 bits per heavy atom. The highest BCUT2D eigenvalue weighted by Crippen LogP contribution is 2.20. The van der Waals surface area contributed by atoms with Gasteiger partial charge >= 0.3 is 0 Å². The highest BCUT2D eigenvalue weighted by Gasteiger charge is 2.08. The van der Waals surface area contributed by atoms with Crippen LogP contribution in [0.4, 0.5) is 0 Å². The predicted molar refractivity (Wildman–Crippen MR) is 43.6 cm³/mol. The fourth-order valence-corrected chi connectivity index (χ4v) is 1.05. The topological polar surface area (TPSA) is 63.0 Å². The quantitative estimate of drug-likeness (QED) is 0.819. The van der Waals surface area contributed by atoms with Crippen molar-refractivity contribution in [2.75, 3.05) is 0 Å². The molecule has 0 aromatic carbocycles. The highest BCUT2D eigenvalue weighted by molar-refractivity contribution is 9.10. The summed E-state index contributed by atoms with van der Waals surface area (Å²) in [6.07, 6.45) is 0.278. The van der Waals surface area contributed by atoms with Gasteiger partial charge in [-0.1, -0.05) is 0 Å². The van der Waals surface area contributed by atoms with E-state index < -0.39 is 0 Å². The van der Waals surface area contributed by atoms with Gasteiger partial charge in [-0.25, -0.2) is 0 Å². The molecule has 1 heterocycles. The summed E-state index contributed by atoms with van der Waals surface area (Å²) < 4.78 is 5.78. The van der Waals surface area contributed by atoms with Crippen molar-refractivity contribution < 1.29 is 4.42 Å². The van der Waals surface area contributed by atoms with E-state index >= 15 is 0 Å². The molecule has 0 saturated carbocycles. The number of halogens is 1. The fourth-order valence-electron chi connectivity index (χ4n) is 0.727. The zero-order chi connectivity index (χ0) is 8.27. The second-order valence-electron chi connectivity index (χ2n) is 2.11. The van der Waals surface area contributed by atoms with E-state index in [1.807, 2.05) is 6.07 Å². The van der Waals surface area contributed by atoms with Crippen LogP contribution in [0, 0.1) is 11.3 Å². The SMILES string of the molecule is N#CC[C@H](N)c1ccc(Br)o1. The molecule has 0 bridgehead atoms. The zero-order valence-electron chi connectivity index (χ0n) is 5.75. The molecule has 0 saturated heterocycles. The van der Waals surface area contributed by atoms with Gasteiger partial charge in [0.05, 0.1) is 18.5 Å². The lowest BCUT2D eigenvalue weighted by Crippen LogP contribution is -2.07. The molecule has 0 fully saturated rings. The van der Waals surface area contributed by atoms with Crippen molar-refractivity contribution in [2.45, 2.75) is 12.5 Å². The molecule has 1 aromatic heterocycles. The van der Waals surface area contributed by atoms with E-state index in [0.29, 0.717) is 10.4 Å². The average Bonchev–Trinajstić information content (AvgIpc) is 2.36. The summed E-state index contributed by atoms with van der Waals surface area (Å²) in [6, 6.07) is 5.17. The minimum absolute atomic E-state index is 0.278. The van der Waals surface area contributed by atoms with Crippen molar-refractivity contribution in [3.63, 3.8) is 0 Å². The molecular weight excluding hydrogens is 208 g/mol. The fraction of sp³-hybridized carbons (Fsp3) is 0.286. The second-order valence-corrected chi connectivity index (χ2v) is 2.89. The maximum atomic E-state index is 8.32. The lowest BCUT2D eigenvalue weighted by Gasteiger charge is -2.00. The third-order valence-electron chi connectivity index (χ3n) is 1.27. The Morgan fingerprint density at radius 2 is 2.45 bits per heavy atom. The van der Waals surface area contributed by atoms with E-state index in [2.05, 4.69) is 15.9 Å². The highest BCUT2D eigenvalue weighted by atomic mass is 79.9. The zero-order valence-corrected chi connectivity index (χ0v) is 7.34. The van der Waals surface area contributed by atoms with E-state index in [1.165, 1.54) is 0 Å². The molecule has 4 heteroatoms. The number of hydrogen-bond donors (Lipinski definition) is 1. The van der Waals surface area contributed by atoms with Gasteiger partial charge in [-0.15, -0.1) is 0 Å². The average molecular weight is 215 g/mol. The largest absolute Gasteiger partial charge is 0.453 e. The Labute approximate surface area is 72.9 Å².